The van der Waals surface area contributed by atoms with E-state index in [4.69, 9.17) is 13.8 Å². The number of allylic oxidation sites excluding steroid dienone is 11. The third-order valence-corrected chi connectivity index (χ3v) is 15.6. The van der Waals surface area contributed by atoms with Gasteiger partial charge in [0, 0.05) is 12.8 Å². The predicted octanol–water partition coefficient (Wildman–Crippen LogP) is 20.2. The summed E-state index contributed by atoms with van der Waals surface area (Å²) in [4.78, 5) is 40.1. The fourth-order valence-corrected chi connectivity index (χ4v) is 10.2. The molecule has 0 spiro atoms. The highest BCUT2D eigenvalue weighted by Gasteiger charge is 2.27. The van der Waals surface area contributed by atoms with E-state index in [-0.39, 0.29) is 24.9 Å². The molecular weight excluding hydrogens is 1000 g/mol. The van der Waals surface area contributed by atoms with Gasteiger partial charge >= 0.3 is 5.97 Å². The van der Waals surface area contributed by atoms with E-state index in [0.29, 0.717) is 17.4 Å². The number of carbonyl (C=O) groups excluding carboxylic acids is 2. The van der Waals surface area contributed by atoms with Crippen LogP contribution in [0.4, 0.5) is 0 Å². The number of esters is 1. The van der Waals surface area contributed by atoms with Crippen molar-refractivity contribution in [2.24, 2.45) is 0 Å². The van der Waals surface area contributed by atoms with Crippen molar-refractivity contribution in [3.8, 4) is 0 Å². The number of phosphoric ester groups is 1. The van der Waals surface area contributed by atoms with E-state index in [9.17, 15) is 19.0 Å². The average molecular weight is 1130 g/mol. The Morgan fingerprint density at radius 2 is 0.772 bits per heavy atom. The van der Waals surface area contributed by atoms with E-state index in [1.165, 1.54) is 180 Å². The molecule has 9 nitrogen and oxygen atoms in total. The Bertz CT molecular complexity index is 1580. The van der Waals surface area contributed by atoms with Gasteiger partial charge in [0.1, 0.15) is 19.3 Å². The zero-order valence-corrected chi connectivity index (χ0v) is 53.5. The molecule has 10 heteroatoms. The van der Waals surface area contributed by atoms with Gasteiger partial charge in [-0.25, -0.2) is 0 Å². The van der Waals surface area contributed by atoms with Crippen molar-refractivity contribution in [3.63, 3.8) is 0 Å². The molecule has 0 saturated carbocycles. The SMILES string of the molecule is CCCCC/C=C\C/C=C\C/C=C\CCCCCCCCCCC(=O)OC(/C=C/CCCCCCCCCCC)C(COP(=O)([O-])OCC[N+](C)(C)C)NC(=O)CCCCCCCCCCCCC/C=C\C/C=C\CCCCC. The molecule has 0 aliphatic carbocycles. The van der Waals surface area contributed by atoms with E-state index in [0.717, 1.165) is 89.9 Å². The fourth-order valence-electron chi connectivity index (χ4n) is 9.44. The van der Waals surface area contributed by atoms with E-state index >= 15 is 0 Å². The molecule has 0 bridgehead atoms. The molecule has 0 aromatic rings. The second-order valence-corrected chi connectivity index (χ2v) is 25.0. The first-order chi connectivity index (χ1) is 38.4. The summed E-state index contributed by atoms with van der Waals surface area (Å²) in [6.45, 7) is 6.80. The number of rotatable bonds is 60. The first kappa shape index (κ1) is 76.5. The number of hydrogen-bond donors (Lipinski definition) is 1. The number of ether oxygens (including phenoxy) is 1. The van der Waals surface area contributed by atoms with Crippen LogP contribution in [0.25, 0.3) is 0 Å². The molecule has 3 atom stereocenters. The van der Waals surface area contributed by atoms with Crippen LogP contribution in [0.5, 0.6) is 0 Å². The Balaban J connectivity index is 5.14. The van der Waals surface area contributed by atoms with Crippen molar-refractivity contribution in [2.45, 2.75) is 315 Å². The number of carbonyl (C=O) groups is 2. The maximum absolute atomic E-state index is 13.6. The van der Waals surface area contributed by atoms with E-state index < -0.39 is 26.6 Å². The first-order valence-electron chi connectivity index (χ1n) is 33.2. The smallest absolute Gasteiger partial charge is 0.306 e. The largest absolute Gasteiger partial charge is 0.756 e. The van der Waals surface area contributed by atoms with Crippen LogP contribution in [0.3, 0.4) is 0 Å². The number of likely N-dealkylation sites (N-methyl/N-ethyl adjacent to an activating group) is 1. The third-order valence-electron chi connectivity index (χ3n) is 14.6. The average Bonchev–Trinajstić information content (AvgIpc) is 3.41. The lowest BCUT2D eigenvalue weighted by atomic mass is 10.0. The van der Waals surface area contributed by atoms with Crippen molar-refractivity contribution in [3.05, 3.63) is 72.9 Å². The Kier molecular flexibility index (Phi) is 56.7. The van der Waals surface area contributed by atoms with Crippen LogP contribution in [-0.2, 0) is 27.9 Å². The van der Waals surface area contributed by atoms with Crippen LogP contribution in [0.15, 0.2) is 72.9 Å². The third kappa shape index (κ3) is 59.9. The molecule has 79 heavy (non-hydrogen) atoms. The van der Waals surface area contributed by atoms with Crippen molar-refractivity contribution in [1.82, 2.24) is 5.32 Å². The molecule has 0 radical (unpaired) electrons. The Hall–Kier alpha value is -2.55. The first-order valence-corrected chi connectivity index (χ1v) is 34.7. The Labute approximate surface area is 489 Å². The van der Waals surface area contributed by atoms with Gasteiger partial charge in [0.25, 0.3) is 7.82 Å². The number of nitrogens with one attached hydrogen (secondary N) is 1. The highest BCUT2D eigenvalue weighted by Crippen LogP contribution is 2.38. The lowest BCUT2D eigenvalue weighted by molar-refractivity contribution is -0.870. The molecule has 0 heterocycles. The summed E-state index contributed by atoms with van der Waals surface area (Å²) in [6.07, 6.45) is 75.8. The number of unbranched alkanes of at least 4 members (excludes halogenated alkanes) is 34. The van der Waals surface area contributed by atoms with Gasteiger partial charge < -0.3 is 28.5 Å². The van der Waals surface area contributed by atoms with Crippen LogP contribution in [0.1, 0.15) is 303 Å². The maximum atomic E-state index is 13.6. The summed E-state index contributed by atoms with van der Waals surface area (Å²) in [7, 11) is 1.18. The molecule has 0 fully saturated rings. The van der Waals surface area contributed by atoms with Crippen molar-refractivity contribution < 1.29 is 37.3 Å². The van der Waals surface area contributed by atoms with Gasteiger partial charge in [-0.1, -0.05) is 261 Å². The number of amides is 1. The van der Waals surface area contributed by atoms with E-state index in [1.54, 1.807) is 0 Å². The van der Waals surface area contributed by atoms with Crippen LogP contribution in [-0.4, -0.2) is 69.4 Å². The van der Waals surface area contributed by atoms with Crippen LogP contribution in [0, 0.1) is 0 Å². The quantitative estimate of drug-likeness (QED) is 0.0212. The molecule has 460 valence electrons. The summed E-state index contributed by atoms with van der Waals surface area (Å²) in [5.41, 5.74) is 0. The highest BCUT2D eigenvalue weighted by molar-refractivity contribution is 7.45. The summed E-state index contributed by atoms with van der Waals surface area (Å²) >= 11 is 0. The van der Waals surface area contributed by atoms with Gasteiger partial charge in [0.05, 0.1) is 33.8 Å². The number of quaternary nitrogens is 1. The monoisotopic (exact) mass is 1130 g/mol. The van der Waals surface area contributed by atoms with Crippen molar-refractivity contribution in [1.29, 1.82) is 0 Å². The predicted molar refractivity (Wildman–Crippen MR) is 339 cm³/mol. The lowest BCUT2D eigenvalue weighted by Gasteiger charge is -2.30. The van der Waals surface area contributed by atoms with Gasteiger partial charge in [-0.3, -0.25) is 14.2 Å². The lowest BCUT2D eigenvalue weighted by Crippen LogP contribution is -2.47. The molecule has 0 aliphatic rings. The Morgan fingerprint density at radius 1 is 0.443 bits per heavy atom. The molecule has 0 saturated heterocycles. The Morgan fingerprint density at radius 3 is 1.18 bits per heavy atom. The second-order valence-electron chi connectivity index (χ2n) is 23.6. The summed E-state index contributed by atoms with van der Waals surface area (Å²) < 4.78 is 30.4. The molecule has 0 rings (SSSR count). The van der Waals surface area contributed by atoms with Gasteiger partial charge in [-0.15, -0.1) is 0 Å². The van der Waals surface area contributed by atoms with Crippen LogP contribution >= 0.6 is 7.82 Å². The van der Waals surface area contributed by atoms with Crippen LogP contribution in [0.2, 0.25) is 0 Å². The fraction of sp³-hybridized carbons (Fsp3) is 0.797. The van der Waals surface area contributed by atoms with Crippen LogP contribution < -0.4 is 10.2 Å². The molecule has 0 aliphatic heterocycles. The number of nitrogens with zero attached hydrogens (tertiary/aromatic N) is 1. The summed E-state index contributed by atoms with van der Waals surface area (Å²) in [5.74, 6) is -0.547. The molecule has 3 unspecified atom stereocenters. The summed E-state index contributed by atoms with van der Waals surface area (Å²) in [5, 5.41) is 3.03. The molecule has 1 amide bonds. The van der Waals surface area contributed by atoms with Crippen molar-refractivity contribution >= 4 is 19.7 Å². The topological polar surface area (TPSA) is 114 Å². The maximum Gasteiger partial charge on any atom is 0.306 e. The van der Waals surface area contributed by atoms with Gasteiger partial charge in [-0.05, 0) is 102 Å². The highest BCUT2D eigenvalue weighted by atomic mass is 31.2. The molecule has 0 aromatic carbocycles. The number of phosphoric acid groups is 1. The zero-order valence-electron chi connectivity index (χ0n) is 52.6. The normalized spacial score (nSPS) is 14.1. The van der Waals surface area contributed by atoms with Gasteiger partial charge in [-0.2, -0.15) is 0 Å². The molecular formula is C69H127N2O7P. The summed E-state index contributed by atoms with van der Waals surface area (Å²) in [6, 6.07) is -0.895. The van der Waals surface area contributed by atoms with Crippen molar-refractivity contribution in [2.75, 3.05) is 40.9 Å². The minimum absolute atomic E-state index is 0.0257. The zero-order chi connectivity index (χ0) is 57.9. The molecule has 0 aromatic heterocycles. The minimum atomic E-state index is -4.70. The van der Waals surface area contributed by atoms with E-state index in [2.05, 4.69) is 86.8 Å². The second kappa shape index (κ2) is 58.6. The van der Waals surface area contributed by atoms with E-state index in [1.807, 2.05) is 33.3 Å². The molecule has 1 N–H and O–H groups in total. The minimum Gasteiger partial charge on any atom is -0.756 e. The standard InChI is InChI=1S/C69H127N2O7P/c1-7-10-13-16-19-22-25-27-29-31-33-35-37-39-41-43-46-49-52-55-58-61-68(72)70-66(65-77-79(74,75)76-64-63-71(4,5)6)67(60-57-54-51-48-45-24-21-18-15-12-9-3)78-69(73)62-59-56-53-50-47-44-42-40-38-36-34-32-30-28-26-23-20-17-14-11-8-2/h19-20,22-23,27-30,34,36,57,60,66-67H,7-18,21,24-26,31-33,35,37-56,58-59,61-65H2,1-6H3,(H-,70,72,74,75)/b22-19-,23-20-,29-27-,30-28-,36-34-,60-57+. The van der Waals surface area contributed by atoms with Gasteiger partial charge in [0.2, 0.25) is 5.91 Å². The van der Waals surface area contributed by atoms with Gasteiger partial charge in [0.15, 0.2) is 0 Å². The number of hydrogen-bond acceptors (Lipinski definition) is 7.